The van der Waals surface area contributed by atoms with Crippen LogP contribution in [-0.4, -0.2) is 45.8 Å². The van der Waals surface area contributed by atoms with Gasteiger partial charge in [0.05, 0.1) is 41.4 Å². The van der Waals surface area contributed by atoms with Gasteiger partial charge in [-0.15, -0.1) is 0 Å². The van der Waals surface area contributed by atoms with Crippen molar-refractivity contribution in [2.75, 3.05) is 22.9 Å². The third-order valence-electron chi connectivity index (χ3n) is 7.86. The zero-order chi connectivity index (χ0) is 29.7. The van der Waals surface area contributed by atoms with Crippen molar-refractivity contribution in [2.24, 2.45) is 0 Å². The van der Waals surface area contributed by atoms with Gasteiger partial charge in [0.1, 0.15) is 12.4 Å². The summed E-state index contributed by atoms with van der Waals surface area (Å²) in [5.74, 6) is -3.45. The number of benzene rings is 2. The van der Waals surface area contributed by atoms with Crippen molar-refractivity contribution < 1.29 is 31.1 Å². The third kappa shape index (κ3) is 5.60. The van der Waals surface area contributed by atoms with Crippen molar-refractivity contribution in [3.63, 3.8) is 0 Å². The third-order valence-corrected chi connectivity index (χ3v) is 7.86. The van der Waals surface area contributed by atoms with Gasteiger partial charge in [0.25, 0.3) is 5.92 Å². The van der Waals surface area contributed by atoms with Gasteiger partial charge in [0, 0.05) is 26.1 Å². The molecule has 5 rings (SSSR count). The Morgan fingerprint density at radius 2 is 1.68 bits per heavy atom. The Bertz CT molecular complexity index is 1400. The van der Waals surface area contributed by atoms with Crippen LogP contribution in [0, 0.1) is 12.7 Å². The molecule has 6 nitrogen and oxygen atoms in total. The Morgan fingerprint density at radius 1 is 1.00 bits per heavy atom. The number of hydrogen-bond acceptors (Lipinski definition) is 3. The maximum Gasteiger partial charge on any atom is 0.416 e. The predicted octanol–water partition coefficient (Wildman–Crippen LogP) is 7.18. The van der Waals surface area contributed by atoms with E-state index < -0.39 is 42.8 Å². The smallest absolute Gasteiger partial charge is 0.369 e. The summed E-state index contributed by atoms with van der Waals surface area (Å²) in [6.45, 7) is 4.03. The van der Waals surface area contributed by atoms with E-state index in [9.17, 15) is 31.1 Å². The number of anilines is 2. The molecular formula is C29H31F6N5O. The van der Waals surface area contributed by atoms with Crippen LogP contribution in [0.15, 0.2) is 48.7 Å². The minimum Gasteiger partial charge on any atom is -0.369 e. The second-order valence-electron chi connectivity index (χ2n) is 10.9. The van der Waals surface area contributed by atoms with Crippen molar-refractivity contribution >= 4 is 17.4 Å². The summed E-state index contributed by atoms with van der Waals surface area (Å²) in [7, 11) is 0. The lowest BCUT2D eigenvalue weighted by molar-refractivity contribution is -0.138. The second-order valence-corrected chi connectivity index (χ2v) is 10.9. The van der Waals surface area contributed by atoms with Crippen molar-refractivity contribution in [3.8, 4) is 0 Å². The number of rotatable bonds is 6. The molecular weight excluding hydrogens is 548 g/mol. The summed E-state index contributed by atoms with van der Waals surface area (Å²) in [4.78, 5) is 18.7. The number of piperidine rings is 1. The fourth-order valence-electron chi connectivity index (χ4n) is 6.07. The van der Waals surface area contributed by atoms with Crippen molar-refractivity contribution in [1.29, 1.82) is 0 Å². The fraction of sp³-hybridized carbons (Fsp3) is 0.448. The van der Waals surface area contributed by atoms with E-state index in [1.54, 1.807) is 17.9 Å². The molecule has 0 unspecified atom stereocenters. The molecule has 12 heteroatoms. The lowest BCUT2D eigenvalue weighted by Gasteiger charge is -2.47. The van der Waals surface area contributed by atoms with Crippen LogP contribution < -0.4 is 9.80 Å². The van der Waals surface area contributed by atoms with E-state index in [1.807, 2.05) is 17.9 Å². The number of alkyl halides is 5. The first-order valence-corrected chi connectivity index (χ1v) is 13.4. The summed E-state index contributed by atoms with van der Waals surface area (Å²) in [5, 5.41) is 4.13. The zero-order valence-electron chi connectivity index (χ0n) is 22.9. The zero-order valence-corrected chi connectivity index (χ0v) is 22.9. The lowest BCUT2D eigenvalue weighted by atomic mass is 9.97. The molecule has 1 atom stereocenters. The molecule has 0 saturated carbocycles. The first-order chi connectivity index (χ1) is 19.3. The number of carbonyl (C=O) groups excluding carboxylic acids is 1. The van der Waals surface area contributed by atoms with Crippen LogP contribution in [0.1, 0.15) is 55.1 Å². The Morgan fingerprint density at radius 3 is 2.32 bits per heavy atom. The molecule has 0 aliphatic carbocycles. The van der Waals surface area contributed by atoms with E-state index >= 15 is 0 Å². The van der Waals surface area contributed by atoms with Gasteiger partial charge < -0.3 is 9.80 Å². The summed E-state index contributed by atoms with van der Waals surface area (Å²) in [6.07, 6.45) is -2.45. The number of para-hydroxylation sites is 1. The molecule has 0 N–H and O–H groups in total. The van der Waals surface area contributed by atoms with Crippen LogP contribution in [0.25, 0.3) is 0 Å². The number of halogens is 6. The molecule has 2 aromatic carbocycles. The van der Waals surface area contributed by atoms with Gasteiger partial charge in [0.2, 0.25) is 0 Å². The molecule has 220 valence electrons. The Balaban J connectivity index is 1.49. The summed E-state index contributed by atoms with van der Waals surface area (Å²) >= 11 is 0. The SMILES string of the molecule is Cc1cccc(F)c1N1CCC(N2C(=O)N(Cc3ccccc3C(F)(F)F)c3cnn(CC(C)(F)F)c3[C@H]2C)CC1. The fourth-order valence-corrected chi connectivity index (χ4v) is 6.07. The molecule has 1 aromatic heterocycles. The van der Waals surface area contributed by atoms with Crippen LogP contribution in [0.2, 0.25) is 0 Å². The van der Waals surface area contributed by atoms with E-state index in [1.165, 1.54) is 35.4 Å². The van der Waals surface area contributed by atoms with Crippen LogP contribution >= 0.6 is 0 Å². The summed E-state index contributed by atoms with van der Waals surface area (Å²) < 4.78 is 85.4. The summed E-state index contributed by atoms with van der Waals surface area (Å²) in [5.41, 5.74) is 0.837. The Labute approximate surface area is 234 Å². The molecule has 1 fully saturated rings. The highest BCUT2D eigenvalue weighted by molar-refractivity contribution is 5.95. The first kappa shape index (κ1) is 28.8. The van der Waals surface area contributed by atoms with Gasteiger partial charge >= 0.3 is 12.2 Å². The van der Waals surface area contributed by atoms with Gasteiger partial charge in [0.15, 0.2) is 0 Å². The number of fused-ring (bicyclic) bond motifs is 1. The average molecular weight is 580 g/mol. The molecule has 0 radical (unpaired) electrons. The number of amides is 2. The van der Waals surface area contributed by atoms with Crippen molar-refractivity contribution in [2.45, 2.75) is 70.9 Å². The van der Waals surface area contributed by atoms with Crippen LogP contribution in [-0.2, 0) is 19.3 Å². The van der Waals surface area contributed by atoms with Gasteiger partial charge in [-0.1, -0.05) is 30.3 Å². The highest BCUT2D eigenvalue weighted by Gasteiger charge is 2.44. The monoisotopic (exact) mass is 579 g/mol. The van der Waals surface area contributed by atoms with E-state index in [-0.39, 0.29) is 23.1 Å². The minimum atomic E-state index is -4.64. The molecule has 2 aliphatic rings. The molecule has 3 heterocycles. The van der Waals surface area contributed by atoms with Gasteiger partial charge in [-0.3, -0.25) is 9.58 Å². The second kappa shape index (κ2) is 10.6. The minimum absolute atomic E-state index is 0.118. The van der Waals surface area contributed by atoms with E-state index in [2.05, 4.69) is 5.10 Å². The molecule has 2 aliphatic heterocycles. The van der Waals surface area contributed by atoms with Crippen LogP contribution in [0.3, 0.4) is 0 Å². The number of nitrogens with zero attached hydrogens (tertiary/aromatic N) is 5. The first-order valence-electron chi connectivity index (χ1n) is 13.4. The molecule has 0 bridgehead atoms. The molecule has 0 spiro atoms. The lowest BCUT2D eigenvalue weighted by Crippen LogP contribution is -2.55. The highest BCUT2D eigenvalue weighted by Crippen LogP contribution is 2.42. The quantitative estimate of drug-likeness (QED) is 0.291. The maximum absolute atomic E-state index is 14.6. The number of aryl methyl sites for hydroxylation is 1. The maximum atomic E-state index is 14.6. The number of hydrogen-bond donors (Lipinski definition) is 0. The van der Waals surface area contributed by atoms with E-state index in [4.69, 9.17) is 0 Å². The van der Waals surface area contributed by atoms with Crippen LogP contribution in [0.5, 0.6) is 0 Å². The topological polar surface area (TPSA) is 44.6 Å². The van der Waals surface area contributed by atoms with Gasteiger partial charge in [-0.2, -0.15) is 18.3 Å². The van der Waals surface area contributed by atoms with Gasteiger partial charge in [-0.05, 0) is 49.9 Å². The normalized spacial score (nSPS) is 18.7. The van der Waals surface area contributed by atoms with E-state index in [0.29, 0.717) is 37.3 Å². The number of aromatic nitrogens is 2. The summed E-state index contributed by atoms with van der Waals surface area (Å²) in [6, 6.07) is 8.31. The average Bonchev–Trinajstić information content (AvgIpc) is 3.29. The largest absolute Gasteiger partial charge is 0.416 e. The Kier molecular flexibility index (Phi) is 7.46. The van der Waals surface area contributed by atoms with Gasteiger partial charge in [-0.25, -0.2) is 18.0 Å². The predicted molar refractivity (Wildman–Crippen MR) is 142 cm³/mol. The molecule has 3 aromatic rings. The van der Waals surface area contributed by atoms with E-state index in [0.717, 1.165) is 23.2 Å². The molecule has 1 saturated heterocycles. The number of carbonyl (C=O) groups is 1. The van der Waals surface area contributed by atoms with Crippen molar-refractivity contribution in [3.05, 3.63) is 76.9 Å². The van der Waals surface area contributed by atoms with Crippen LogP contribution in [0.4, 0.5) is 42.5 Å². The standard InChI is InChI=1S/C29H31F6N5O/c1-18-7-6-10-23(30)25(18)37-13-11-21(12-14-37)40-19(2)26-24(15-36-39(26)17-28(3,31)32)38(27(40)41)16-20-8-4-5-9-22(20)29(33,34)35/h4-10,15,19,21H,11-14,16-17H2,1-3H3/t19-/m1/s1. The molecule has 2 amide bonds. The molecule has 41 heavy (non-hydrogen) atoms. The number of urea groups is 1. The van der Waals surface area contributed by atoms with Crippen molar-refractivity contribution in [1.82, 2.24) is 14.7 Å². The Hall–Kier alpha value is -3.70. The highest BCUT2D eigenvalue weighted by atomic mass is 19.4.